The number of hydrogen-bond acceptors (Lipinski definition) is 3. The fraction of sp³-hybridized carbons (Fsp3) is 0.333. The zero-order chi connectivity index (χ0) is 8.59. The lowest BCUT2D eigenvalue weighted by molar-refractivity contribution is -0.623. The van der Waals surface area contributed by atoms with Crippen LogP contribution in [0.1, 0.15) is 11.4 Å². The molecule has 0 saturated carbocycles. The Hall–Kier alpha value is -0.740. The summed E-state index contributed by atoms with van der Waals surface area (Å²) in [7, 11) is 0. The molecule has 0 aliphatic rings. The third-order valence-corrected chi connectivity index (χ3v) is 1.94. The number of aryl methyl sites for hydroxylation is 1. The minimum Gasteiger partial charge on any atom is -0.708 e. The predicted molar refractivity (Wildman–Crippen MR) is 46.6 cm³/mol. The lowest BCUT2D eigenvalue weighted by Crippen LogP contribution is -2.31. The fourth-order valence-electron chi connectivity index (χ4n) is 0.745. The summed E-state index contributed by atoms with van der Waals surface area (Å²) in [4.78, 5) is 3.51. The van der Waals surface area contributed by atoms with Gasteiger partial charge in [-0.3, -0.25) is 0 Å². The first kappa shape index (κ1) is 11.3. The van der Waals surface area contributed by atoms with Crippen molar-refractivity contribution in [2.75, 3.05) is 0 Å². The molecule has 1 aromatic rings. The average molecular weight is 211 g/mol. The van der Waals surface area contributed by atoms with Gasteiger partial charge in [0, 0.05) is 6.92 Å². The molecule has 0 amide bonds. The zero-order valence-electron chi connectivity index (χ0n) is 6.54. The molecule has 0 aliphatic heterocycles. The topological polar surface area (TPSA) is 60.1 Å². The first-order valence-corrected chi connectivity index (χ1v) is 3.37. The summed E-state index contributed by atoms with van der Waals surface area (Å²) < 4.78 is 0.287. The Labute approximate surface area is 80.8 Å². The Kier molecular flexibility index (Phi) is 3.55. The molecule has 0 bridgehead atoms. The largest absolute Gasteiger partial charge is 0.708 e. The van der Waals surface area contributed by atoms with Gasteiger partial charge in [-0.15, -0.1) is 12.4 Å². The van der Waals surface area contributed by atoms with Crippen molar-refractivity contribution >= 4 is 24.0 Å². The van der Waals surface area contributed by atoms with E-state index in [1.165, 1.54) is 6.92 Å². The summed E-state index contributed by atoms with van der Waals surface area (Å²) in [6.45, 7) is 3.14. The number of halogens is 2. The van der Waals surface area contributed by atoms with Crippen LogP contribution in [0.4, 0.5) is 0 Å². The van der Waals surface area contributed by atoms with Crippen LogP contribution in [0, 0.1) is 19.1 Å². The van der Waals surface area contributed by atoms with Crippen molar-refractivity contribution in [2.24, 2.45) is 0 Å². The Morgan fingerprint density at radius 2 is 2.00 bits per heavy atom. The van der Waals surface area contributed by atoms with Crippen LogP contribution in [0.25, 0.3) is 0 Å². The van der Waals surface area contributed by atoms with E-state index in [-0.39, 0.29) is 27.9 Å². The molecule has 0 saturated heterocycles. The maximum absolute atomic E-state index is 10.9. The van der Waals surface area contributed by atoms with Crippen molar-refractivity contribution in [3.8, 4) is 6.01 Å². The van der Waals surface area contributed by atoms with Crippen molar-refractivity contribution in [1.82, 2.24) is 4.98 Å². The van der Waals surface area contributed by atoms with E-state index in [1.54, 1.807) is 6.92 Å². The van der Waals surface area contributed by atoms with Gasteiger partial charge in [0.15, 0.2) is 5.69 Å². The molecular weight excluding hydrogens is 203 g/mol. The molecule has 1 rings (SSSR count). The van der Waals surface area contributed by atoms with E-state index in [4.69, 9.17) is 16.7 Å². The Morgan fingerprint density at radius 1 is 1.50 bits per heavy atom. The number of aromatic nitrogens is 2. The molecule has 0 radical (unpaired) electrons. The lowest BCUT2D eigenvalue weighted by Gasteiger charge is -2.06. The van der Waals surface area contributed by atoms with Crippen LogP contribution in [0.15, 0.2) is 0 Å². The summed E-state index contributed by atoms with van der Waals surface area (Å²) in [5.41, 5.74) is 0.713. The lowest BCUT2D eigenvalue weighted by atomic mass is 10.3. The molecular formula is C6H8Cl2N2O2. The van der Waals surface area contributed by atoms with E-state index in [0.717, 1.165) is 0 Å². The quantitative estimate of drug-likeness (QED) is 0.516. The predicted octanol–water partition coefficient (Wildman–Crippen LogP) is 1.11. The summed E-state index contributed by atoms with van der Waals surface area (Å²) in [6, 6.07) is -0.565. The van der Waals surface area contributed by atoms with Crippen LogP contribution in [-0.4, -0.2) is 10.1 Å². The molecule has 0 spiro atoms. The minimum atomic E-state index is -0.565. The van der Waals surface area contributed by atoms with Crippen molar-refractivity contribution in [3.05, 3.63) is 21.6 Å². The van der Waals surface area contributed by atoms with E-state index in [1.807, 2.05) is 0 Å². The number of rotatable bonds is 0. The molecule has 1 heterocycles. The summed E-state index contributed by atoms with van der Waals surface area (Å²) >= 11 is 5.66. The van der Waals surface area contributed by atoms with Gasteiger partial charge in [0.25, 0.3) is 0 Å². The highest BCUT2D eigenvalue weighted by Crippen LogP contribution is 2.16. The first-order chi connectivity index (χ1) is 5.04. The van der Waals surface area contributed by atoms with Crippen LogP contribution >= 0.6 is 24.0 Å². The second-order valence-electron chi connectivity index (χ2n) is 2.19. The van der Waals surface area contributed by atoms with E-state index >= 15 is 0 Å². The molecule has 0 aliphatic carbocycles. The van der Waals surface area contributed by atoms with Gasteiger partial charge in [-0.2, -0.15) is 4.73 Å². The van der Waals surface area contributed by atoms with Gasteiger partial charge < -0.3 is 10.3 Å². The normalized spacial score (nSPS) is 9.25. The molecule has 0 atom stereocenters. The first-order valence-electron chi connectivity index (χ1n) is 2.99. The van der Waals surface area contributed by atoms with Crippen LogP contribution in [0.2, 0.25) is 5.02 Å². The number of nitrogens with zero attached hydrogens (tertiary/aromatic N) is 2. The van der Waals surface area contributed by atoms with E-state index in [0.29, 0.717) is 5.69 Å². The van der Waals surface area contributed by atoms with E-state index < -0.39 is 6.01 Å². The molecule has 4 nitrogen and oxygen atoms in total. The molecule has 6 heteroatoms. The Morgan fingerprint density at radius 3 is 2.50 bits per heavy atom. The Bertz CT molecular complexity index is 278. The van der Waals surface area contributed by atoms with Gasteiger partial charge in [0.1, 0.15) is 10.7 Å². The molecule has 12 heavy (non-hydrogen) atoms. The number of aromatic hydroxyl groups is 1. The van der Waals surface area contributed by atoms with Crippen LogP contribution in [0.3, 0.4) is 0 Å². The van der Waals surface area contributed by atoms with Crippen molar-refractivity contribution in [1.29, 1.82) is 0 Å². The summed E-state index contributed by atoms with van der Waals surface area (Å²) in [5.74, 6) is 0. The van der Waals surface area contributed by atoms with Crippen molar-refractivity contribution < 1.29 is 9.84 Å². The van der Waals surface area contributed by atoms with Crippen molar-refractivity contribution in [3.63, 3.8) is 0 Å². The van der Waals surface area contributed by atoms with Crippen LogP contribution < -0.4 is 4.73 Å². The summed E-state index contributed by atoms with van der Waals surface area (Å²) in [6.07, 6.45) is 0. The van der Waals surface area contributed by atoms with E-state index in [9.17, 15) is 5.21 Å². The van der Waals surface area contributed by atoms with Crippen LogP contribution in [0.5, 0.6) is 6.01 Å². The monoisotopic (exact) mass is 210 g/mol. The second-order valence-corrected chi connectivity index (χ2v) is 2.57. The highest BCUT2D eigenvalue weighted by Gasteiger charge is 2.15. The number of hydrogen-bond donors (Lipinski definition) is 1. The standard InChI is InChI=1S/C6H7ClN2O2.ClH/c1-3-5(7)4(2)9(11)6(10)8-3;/h1-2H3,(H,8,10);1H. The maximum atomic E-state index is 10.9. The molecule has 1 aromatic heterocycles. The van der Waals surface area contributed by atoms with Crippen LogP contribution in [-0.2, 0) is 0 Å². The van der Waals surface area contributed by atoms with Gasteiger partial charge in [-0.05, 0) is 11.9 Å². The van der Waals surface area contributed by atoms with Gasteiger partial charge in [-0.25, -0.2) is 0 Å². The molecule has 1 N–H and O–H groups in total. The summed E-state index contributed by atoms with van der Waals surface area (Å²) in [5, 5.41) is 20.0. The van der Waals surface area contributed by atoms with Gasteiger partial charge in [0.2, 0.25) is 0 Å². The molecule has 0 unspecified atom stereocenters. The van der Waals surface area contributed by atoms with Gasteiger partial charge in [-0.1, -0.05) is 11.6 Å². The highest BCUT2D eigenvalue weighted by molar-refractivity contribution is 6.31. The van der Waals surface area contributed by atoms with Crippen molar-refractivity contribution in [2.45, 2.75) is 13.8 Å². The minimum absolute atomic E-state index is 0. The van der Waals surface area contributed by atoms with Gasteiger partial charge >= 0.3 is 6.01 Å². The van der Waals surface area contributed by atoms with E-state index in [2.05, 4.69) is 4.98 Å². The zero-order valence-corrected chi connectivity index (χ0v) is 8.11. The molecule has 68 valence electrons. The maximum Gasteiger partial charge on any atom is 0.499 e. The molecule has 0 aromatic carbocycles. The SMILES string of the molecule is Cc1nc(O)[n+]([O-])c(C)c1Cl.Cl. The average Bonchev–Trinajstić information content (AvgIpc) is 1.97. The smallest absolute Gasteiger partial charge is 0.499 e. The fourth-order valence-corrected chi connectivity index (χ4v) is 0.864. The van der Waals surface area contributed by atoms with Gasteiger partial charge in [0.05, 0.1) is 0 Å². The molecule has 0 fully saturated rings. The highest BCUT2D eigenvalue weighted by atomic mass is 35.5. The second kappa shape index (κ2) is 3.78. The third-order valence-electron chi connectivity index (χ3n) is 1.39. The Balaban J connectivity index is 0.00000121. The third kappa shape index (κ3) is 1.70.